The first-order valence-electron chi connectivity index (χ1n) is 7.31. The normalized spacial score (nSPS) is 10.4. The van der Waals surface area contributed by atoms with E-state index in [1.165, 1.54) is 23.5 Å². The number of carbonyl (C=O) groups excluding carboxylic acids is 1. The standard InChI is InChI=1S/C16H13N3O4S2/c1-2-23-11-5-3-10(4-6-11)12-9-24-16(17-12)18-15(20)13-7-8-14(25-13)19(21)22/h3-9H,2H2,1H3,(H,17,18,20). The first kappa shape index (κ1) is 17.1. The van der Waals surface area contributed by atoms with Crippen molar-refractivity contribution in [2.75, 3.05) is 11.9 Å². The van der Waals surface area contributed by atoms with Gasteiger partial charge in [0.15, 0.2) is 5.13 Å². The van der Waals surface area contributed by atoms with Crippen LogP contribution in [0.15, 0.2) is 41.8 Å². The van der Waals surface area contributed by atoms with Gasteiger partial charge in [0, 0.05) is 17.0 Å². The first-order chi connectivity index (χ1) is 12.1. The highest BCUT2D eigenvalue weighted by Gasteiger charge is 2.16. The van der Waals surface area contributed by atoms with Crippen LogP contribution in [0.4, 0.5) is 10.1 Å². The predicted molar refractivity (Wildman–Crippen MR) is 97.6 cm³/mol. The summed E-state index contributed by atoms with van der Waals surface area (Å²) in [5, 5.41) is 15.5. The van der Waals surface area contributed by atoms with Crippen molar-refractivity contribution < 1.29 is 14.5 Å². The molecule has 2 aromatic heterocycles. The highest BCUT2D eigenvalue weighted by molar-refractivity contribution is 7.17. The largest absolute Gasteiger partial charge is 0.494 e. The Labute approximate surface area is 151 Å². The van der Waals surface area contributed by atoms with Gasteiger partial charge >= 0.3 is 5.00 Å². The molecule has 25 heavy (non-hydrogen) atoms. The van der Waals surface area contributed by atoms with Gasteiger partial charge in [-0.3, -0.25) is 20.2 Å². The van der Waals surface area contributed by atoms with Crippen LogP contribution in [-0.4, -0.2) is 22.4 Å². The summed E-state index contributed by atoms with van der Waals surface area (Å²) in [4.78, 5) is 27.0. The highest BCUT2D eigenvalue weighted by Crippen LogP contribution is 2.28. The van der Waals surface area contributed by atoms with Gasteiger partial charge in [0.25, 0.3) is 5.91 Å². The van der Waals surface area contributed by atoms with Crippen LogP contribution >= 0.6 is 22.7 Å². The summed E-state index contributed by atoms with van der Waals surface area (Å²) in [5.74, 6) is 0.375. The van der Waals surface area contributed by atoms with E-state index in [1.807, 2.05) is 36.6 Å². The Balaban J connectivity index is 1.70. The Kier molecular flexibility index (Phi) is 5.05. The summed E-state index contributed by atoms with van der Waals surface area (Å²) in [6.45, 7) is 2.53. The minimum Gasteiger partial charge on any atom is -0.494 e. The Morgan fingerprint density at radius 1 is 1.28 bits per heavy atom. The van der Waals surface area contributed by atoms with Crippen LogP contribution in [0.3, 0.4) is 0 Å². The molecule has 0 spiro atoms. The molecule has 3 rings (SSSR count). The molecule has 0 aliphatic heterocycles. The Hall–Kier alpha value is -2.78. The van der Waals surface area contributed by atoms with Crippen LogP contribution in [0.2, 0.25) is 0 Å². The molecular weight excluding hydrogens is 362 g/mol. The number of thiazole rings is 1. The molecule has 0 unspecified atom stereocenters. The lowest BCUT2D eigenvalue weighted by atomic mass is 10.2. The third kappa shape index (κ3) is 4.01. The predicted octanol–water partition coefficient (Wildman–Crippen LogP) is 4.43. The van der Waals surface area contributed by atoms with Crippen molar-refractivity contribution in [2.45, 2.75) is 6.92 Å². The van der Waals surface area contributed by atoms with Crippen molar-refractivity contribution in [1.29, 1.82) is 0 Å². The number of nitrogens with zero attached hydrogens (tertiary/aromatic N) is 2. The van der Waals surface area contributed by atoms with Crippen molar-refractivity contribution in [3.63, 3.8) is 0 Å². The van der Waals surface area contributed by atoms with Crippen LogP contribution in [0.1, 0.15) is 16.6 Å². The lowest BCUT2D eigenvalue weighted by Gasteiger charge is -2.03. The van der Waals surface area contributed by atoms with Crippen LogP contribution in [0, 0.1) is 10.1 Å². The molecule has 0 saturated carbocycles. The number of carbonyl (C=O) groups is 1. The third-order valence-corrected chi connectivity index (χ3v) is 4.97. The Morgan fingerprint density at radius 2 is 2.04 bits per heavy atom. The van der Waals surface area contributed by atoms with Crippen molar-refractivity contribution >= 4 is 38.7 Å². The van der Waals surface area contributed by atoms with E-state index >= 15 is 0 Å². The minimum atomic E-state index is -0.519. The molecule has 1 amide bonds. The SMILES string of the molecule is CCOc1ccc(-c2csc(NC(=O)c3ccc([N+](=O)[O-])s3)n2)cc1. The van der Waals surface area contributed by atoms with Crippen molar-refractivity contribution in [2.24, 2.45) is 0 Å². The number of amides is 1. The second kappa shape index (κ2) is 7.41. The average molecular weight is 375 g/mol. The molecule has 1 aromatic carbocycles. The van der Waals surface area contributed by atoms with Gasteiger partial charge in [-0.2, -0.15) is 0 Å². The summed E-state index contributed by atoms with van der Waals surface area (Å²) in [7, 11) is 0. The minimum absolute atomic E-state index is 0.0700. The lowest BCUT2D eigenvalue weighted by molar-refractivity contribution is -0.380. The fourth-order valence-electron chi connectivity index (χ4n) is 2.06. The molecule has 2 heterocycles. The zero-order chi connectivity index (χ0) is 17.8. The van der Waals surface area contributed by atoms with E-state index in [0.29, 0.717) is 11.7 Å². The average Bonchev–Trinajstić information content (AvgIpc) is 3.25. The summed E-state index contributed by atoms with van der Waals surface area (Å²) >= 11 is 2.12. The molecule has 0 aliphatic rings. The van der Waals surface area contributed by atoms with Crippen LogP contribution < -0.4 is 10.1 Å². The van der Waals surface area contributed by atoms with Crippen LogP contribution in [-0.2, 0) is 0 Å². The Morgan fingerprint density at radius 3 is 2.68 bits per heavy atom. The van der Waals surface area contributed by atoms with Crippen molar-refractivity contribution in [3.05, 3.63) is 56.8 Å². The summed E-state index contributed by atoms with van der Waals surface area (Å²) < 4.78 is 5.40. The highest BCUT2D eigenvalue weighted by atomic mass is 32.1. The number of thiophene rings is 1. The molecule has 0 bridgehead atoms. The Bertz CT molecular complexity index is 902. The molecule has 0 saturated heterocycles. The number of aromatic nitrogens is 1. The first-order valence-corrected chi connectivity index (χ1v) is 9.00. The fraction of sp³-hybridized carbons (Fsp3) is 0.125. The molecule has 7 nitrogen and oxygen atoms in total. The molecule has 0 aliphatic carbocycles. The van der Waals surface area contributed by atoms with Gasteiger partial charge in [-0.1, -0.05) is 11.3 Å². The zero-order valence-corrected chi connectivity index (χ0v) is 14.7. The second-order valence-electron chi connectivity index (χ2n) is 4.84. The number of ether oxygens (including phenoxy) is 1. The molecule has 0 atom stereocenters. The van der Waals surface area contributed by atoms with E-state index in [0.717, 1.165) is 28.3 Å². The summed E-state index contributed by atoms with van der Waals surface area (Å²) in [6, 6.07) is 10.3. The maximum absolute atomic E-state index is 12.1. The molecule has 128 valence electrons. The third-order valence-electron chi connectivity index (χ3n) is 3.18. The number of anilines is 1. The molecule has 0 fully saturated rings. The summed E-state index contributed by atoms with van der Waals surface area (Å²) in [6.07, 6.45) is 0. The maximum atomic E-state index is 12.1. The van der Waals surface area contributed by atoms with E-state index in [1.54, 1.807) is 0 Å². The van der Waals surface area contributed by atoms with E-state index in [2.05, 4.69) is 10.3 Å². The van der Waals surface area contributed by atoms with E-state index in [-0.39, 0.29) is 9.88 Å². The molecule has 1 N–H and O–H groups in total. The van der Waals surface area contributed by atoms with Crippen LogP contribution in [0.5, 0.6) is 5.75 Å². The second-order valence-corrected chi connectivity index (χ2v) is 6.76. The quantitative estimate of drug-likeness (QED) is 0.508. The molecular formula is C16H13N3O4S2. The lowest BCUT2D eigenvalue weighted by Crippen LogP contribution is -2.09. The van der Waals surface area contributed by atoms with Gasteiger partial charge in [0.1, 0.15) is 5.75 Å². The molecule has 9 heteroatoms. The van der Waals surface area contributed by atoms with E-state index in [4.69, 9.17) is 4.74 Å². The number of hydrogen-bond acceptors (Lipinski definition) is 7. The number of hydrogen-bond donors (Lipinski definition) is 1. The number of benzene rings is 1. The smallest absolute Gasteiger partial charge is 0.324 e. The van der Waals surface area contributed by atoms with Gasteiger partial charge < -0.3 is 4.74 Å². The topological polar surface area (TPSA) is 94.4 Å². The molecule has 0 radical (unpaired) electrons. The van der Waals surface area contributed by atoms with Gasteiger partial charge in [-0.05, 0) is 37.3 Å². The van der Waals surface area contributed by atoms with Gasteiger partial charge in [0.2, 0.25) is 0 Å². The van der Waals surface area contributed by atoms with Gasteiger partial charge in [-0.15, -0.1) is 11.3 Å². The maximum Gasteiger partial charge on any atom is 0.324 e. The van der Waals surface area contributed by atoms with Crippen LogP contribution in [0.25, 0.3) is 11.3 Å². The van der Waals surface area contributed by atoms with Gasteiger partial charge in [-0.25, -0.2) is 4.98 Å². The number of nitro groups is 1. The fourth-order valence-corrected chi connectivity index (χ4v) is 3.49. The zero-order valence-electron chi connectivity index (χ0n) is 13.1. The number of nitrogens with one attached hydrogen (secondary N) is 1. The summed E-state index contributed by atoms with van der Waals surface area (Å²) in [5.41, 5.74) is 1.65. The van der Waals surface area contributed by atoms with Gasteiger partial charge in [0.05, 0.1) is 22.1 Å². The number of rotatable bonds is 6. The monoisotopic (exact) mass is 375 g/mol. The van der Waals surface area contributed by atoms with E-state index in [9.17, 15) is 14.9 Å². The van der Waals surface area contributed by atoms with Crippen molar-refractivity contribution in [1.82, 2.24) is 4.98 Å². The van der Waals surface area contributed by atoms with E-state index < -0.39 is 10.8 Å². The molecule has 3 aromatic rings. The van der Waals surface area contributed by atoms with Crippen molar-refractivity contribution in [3.8, 4) is 17.0 Å².